The molecule has 0 saturated carbocycles. The van der Waals surface area contributed by atoms with Gasteiger partial charge in [-0.2, -0.15) is 4.98 Å². The highest BCUT2D eigenvalue weighted by Crippen LogP contribution is 2.16. The van der Waals surface area contributed by atoms with Crippen molar-refractivity contribution < 1.29 is 14.7 Å². The van der Waals surface area contributed by atoms with E-state index < -0.39 is 11.6 Å². The molecule has 1 aromatic heterocycles. The number of piperidine rings is 1. The smallest absolute Gasteiger partial charge is 0.354 e. The lowest BCUT2D eigenvalue weighted by molar-refractivity contribution is -0.138. The van der Waals surface area contributed by atoms with Gasteiger partial charge in [-0.15, -0.1) is 0 Å². The van der Waals surface area contributed by atoms with E-state index in [0.29, 0.717) is 31.4 Å². The monoisotopic (exact) mass is 511 g/mol. The Kier molecular flexibility index (Phi) is 8.57. The average molecular weight is 512 g/mol. The van der Waals surface area contributed by atoms with E-state index in [1.807, 2.05) is 31.2 Å². The molecule has 11 nitrogen and oxygen atoms in total. The van der Waals surface area contributed by atoms with Crippen molar-refractivity contribution in [3.63, 3.8) is 0 Å². The minimum atomic E-state index is -0.489. The standard InChI is InChI=1S/C26H37N7O4/c1-18(17-34)24(35)31-13-14-32(19(2)15-31)25(36)28-23-9-12-33(26(37)29-23)22-5-3-20(4-6-22)16-30-10-7-21(27)8-11-30/h3-6,9,12,18-19,21,34H,7-8,10-11,13-17,27H2,1-2H3,(H,28,29,36,37)/t18-,19+/m0/s1. The summed E-state index contributed by atoms with van der Waals surface area (Å²) in [7, 11) is 0. The van der Waals surface area contributed by atoms with E-state index >= 15 is 0 Å². The van der Waals surface area contributed by atoms with E-state index in [9.17, 15) is 19.5 Å². The van der Waals surface area contributed by atoms with Gasteiger partial charge in [-0.1, -0.05) is 19.1 Å². The molecular weight excluding hydrogens is 474 g/mol. The van der Waals surface area contributed by atoms with Gasteiger partial charge in [-0.25, -0.2) is 9.59 Å². The van der Waals surface area contributed by atoms with Crippen LogP contribution in [0.25, 0.3) is 5.69 Å². The Bertz CT molecular complexity index is 1140. The molecule has 2 aliphatic rings. The third-order valence-electron chi connectivity index (χ3n) is 7.19. The van der Waals surface area contributed by atoms with Crippen molar-refractivity contribution in [2.24, 2.45) is 11.7 Å². The minimum absolute atomic E-state index is 0.121. The Hall–Kier alpha value is -3.28. The Morgan fingerprint density at radius 1 is 1.14 bits per heavy atom. The van der Waals surface area contributed by atoms with Gasteiger partial charge in [0, 0.05) is 44.5 Å². The van der Waals surface area contributed by atoms with E-state index in [1.54, 1.807) is 29.0 Å². The normalized spacial score (nSPS) is 20.1. The lowest BCUT2D eigenvalue weighted by Crippen LogP contribution is -2.57. The van der Waals surface area contributed by atoms with Gasteiger partial charge in [0.15, 0.2) is 0 Å². The lowest BCUT2D eigenvalue weighted by Gasteiger charge is -2.40. The largest absolute Gasteiger partial charge is 0.396 e. The molecule has 4 rings (SSSR count). The molecule has 2 aromatic rings. The van der Waals surface area contributed by atoms with Crippen LogP contribution in [0.4, 0.5) is 10.6 Å². The first-order valence-electron chi connectivity index (χ1n) is 12.9. The maximum atomic E-state index is 12.8. The van der Waals surface area contributed by atoms with Gasteiger partial charge in [-0.3, -0.25) is 19.6 Å². The van der Waals surface area contributed by atoms with Gasteiger partial charge in [0.05, 0.1) is 18.2 Å². The maximum Gasteiger partial charge on any atom is 0.354 e. The van der Waals surface area contributed by atoms with Crippen LogP contribution in [0.2, 0.25) is 0 Å². The molecule has 0 bridgehead atoms. The molecule has 37 heavy (non-hydrogen) atoms. The van der Waals surface area contributed by atoms with Crippen molar-refractivity contribution in [2.45, 2.75) is 45.3 Å². The number of hydrogen-bond acceptors (Lipinski definition) is 7. The molecule has 0 unspecified atom stereocenters. The molecular formula is C26H37N7O4. The molecule has 200 valence electrons. The molecule has 11 heteroatoms. The topological polar surface area (TPSA) is 137 Å². The Morgan fingerprint density at radius 3 is 2.46 bits per heavy atom. The second-order valence-electron chi connectivity index (χ2n) is 10.1. The number of benzene rings is 1. The zero-order valence-corrected chi connectivity index (χ0v) is 21.5. The molecule has 2 aliphatic heterocycles. The number of nitrogens with zero attached hydrogens (tertiary/aromatic N) is 5. The maximum absolute atomic E-state index is 12.8. The predicted molar refractivity (Wildman–Crippen MR) is 140 cm³/mol. The third-order valence-corrected chi connectivity index (χ3v) is 7.19. The summed E-state index contributed by atoms with van der Waals surface area (Å²) in [6.07, 6.45) is 3.63. The number of nitrogens with one attached hydrogen (secondary N) is 1. The van der Waals surface area contributed by atoms with Crippen molar-refractivity contribution in [2.75, 3.05) is 44.6 Å². The molecule has 4 N–H and O–H groups in total. The van der Waals surface area contributed by atoms with Crippen LogP contribution in [0.1, 0.15) is 32.3 Å². The SMILES string of the molecule is C[C@@H]1CN(C(=O)[C@@H](C)CO)CCN1C(=O)Nc1ccn(-c2ccc(CN3CCC(N)CC3)cc2)c(=O)n1. The van der Waals surface area contributed by atoms with Crippen molar-refractivity contribution in [1.29, 1.82) is 0 Å². The van der Waals surface area contributed by atoms with E-state index in [4.69, 9.17) is 5.73 Å². The molecule has 3 heterocycles. The average Bonchev–Trinajstić information content (AvgIpc) is 2.89. The van der Waals surface area contributed by atoms with Crippen molar-refractivity contribution in [3.8, 4) is 5.69 Å². The Balaban J connectivity index is 1.34. The summed E-state index contributed by atoms with van der Waals surface area (Å²) in [4.78, 5) is 47.6. The highest BCUT2D eigenvalue weighted by molar-refractivity contribution is 5.88. The molecule has 0 radical (unpaired) electrons. The van der Waals surface area contributed by atoms with Gasteiger partial charge < -0.3 is 20.6 Å². The first kappa shape index (κ1) is 26.8. The number of carbonyl (C=O) groups excluding carboxylic acids is 2. The molecule has 2 atom stereocenters. The summed E-state index contributed by atoms with van der Waals surface area (Å²) >= 11 is 0. The van der Waals surface area contributed by atoms with Gasteiger partial charge in [0.1, 0.15) is 5.82 Å². The van der Waals surface area contributed by atoms with E-state index in [0.717, 1.165) is 32.5 Å². The number of urea groups is 1. The fraction of sp³-hybridized carbons (Fsp3) is 0.538. The third kappa shape index (κ3) is 6.54. The number of hydrogen-bond donors (Lipinski definition) is 3. The van der Waals surface area contributed by atoms with Crippen LogP contribution < -0.4 is 16.7 Å². The summed E-state index contributed by atoms with van der Waals surface area (Å²) < 4.78 is 1.44. The first-order chi connectivity index (χ1) is 17.7. The summed E-state index contributed by atoms with van der Waals surface area (Å²) in [6.45, 7) is 7.30. The van der Waals surface area contributed by atoms with E-state index in [-0.39, 0.29) is 30.4 Å². The quantitative estimate of drug-likeness (QED) is 0.523. The molecule has 1 aromatic carbocycles. The molecule has 2 fully saturated rings. The number of aliphatic hydroxyl groups is 1. The minimum Gasteiger partial charge on any atom is -0.396 e. The summed E-state index contributed by atoms with van der Waals surface area (Å²) in [6, 6.07) is 9.12. The highest BCUT2D eigenvalue weighted by atomic mass is 16.3. The number of piperazine rings is 1. The number of aliphatic hydroxyl groups excluding tert-OH is 1. The van der Waals surface area contributed by atoms with Gasteiger partial charge in [0.2, 0.25) is 5.91 Å². The van der Waals surface area contributed by atoms with Crippen LogP contribution in [-0.4, -0.2) is 92.7 Å². The fourth-order valence-electron chi connectivity index (χ4n) is 4.83. The summed E-state index contributed by atoms with van der Waals surface area (Å²) in [5.74, 6) is -0.414. The number of nitrogens with two attached hydrogens (primary N) is 1. The van der Waals surface area contributed by atoms with Crippen LogP contribution in [0.3, 0.4) is 0 Å². The van der Waals surface area contributed by atoms with E-state index in [2.05, 4.69) is 15.2 Å². The van der Waals surface area contributed by atoms with Crippen molar-refractivity contribution in [3.05, 3.63) is 52.6 Å². The van der Waals surface area contributed by atoms with Crippen LogP contribution in [0, 0.1) is 5.92 Å². The Morgan fingerprint density at radius 2 is 1.84 bits per heavy atom. The number of aromatic nitrogens is 2. The number of likely N-dealkylation sites (tertiary alicyclic amines) is 1. The van der Waals surface area contributed by atoms with Crippen molar-refractivity contribution >= 4 is 17.8 Å². The zero-order valence-electron chi connectivity index (χ0n) is 21.5. The predicted octanol–water partition coefficient (Wildman–Crippen LogP) is 0.849. The molecule has 0 aliphatic carbocycles. The Labute approximate surface area is 216 Å². The highest BCUT2D eigenvalue weighted by Gasteiger charge is 2.31. The summed E-state index contributed by atoms with van der Waals surface area (Å²) in [5.41, 5.74) is 7.37. The van der Waals surface area contributed by atoms with Gasteiger partial charge >= 0.3 is 11.7 Å². The second kappa shape index (κ2) is 11.8. The van der Waals surface area contributed by atoms with E-state index in [1.165, 1.54) is 10.1 Å². The number of amides is 3. The van der Waals surface area contributed by atoms with Gasteiger partial charge in [0.25, 0.3) is 0 Å². The number of carbonyl (C=O) groups is 2. The van der Waals surface area contributed by atoms with Crippen molar-refractivity contribution in [1.82, 2.24) is 24.3 Å². The summed E-state index contributed by atoms with van der Waals surface area (Å²) in [5, 5.41) is 11.9. The fourth-order valence-corrected chi connectivity index (χ4v) is 4.83. The molecule has 3 amide bonds. The lowest BCUT2D eigenvalue weighted by atomic mass is 10.1. The molecule has 2 saturated heterocycles. The number of anilines is 1. The number of rotatable bonds is 6. The van der Waals surface area contributed by atoms with Gasteiger partial charge in [-0.05, 0) is 56.6 Å². The molecule has 0 spiro atoms. The second-order valence-corrected chi connectivity index (χ2v) is 10.1. The van der Waals surface area contributed by atoms with Crippen LogP contribution in [0.5, 0.6) is 0 Å². The zero-order chi connectivity index (χ0) is 26.5. The first-order valence-corrected chi connectivity index (χ1v) is 12.9. The van der Waals surface area contributed by atoms with Crippen LogP contribution in [0.15, 0.2) is 41.3 Å². The van der Waals surface area contributed by atoms with Crippen LogP contribution in [-0.2, 0) is 11.3 Å². The van der Waals surface area contributed by atoms with Crippen LogP contribution >= 0.6 is 0 Å².